The number of halogens is 2. The Hall–Kier alpha value is -1.71. The number of nitrogens with one attached hydrogen (secondary N) is 1. The van der Waals surface area contributed by atoms with Gasteiger partial charge in [-0.2, -0.15) is 0 Å². The fraction of sp³-hybridized carbons (Fsp3) is 0.133. The van der Waals surface area contributed by atoms with E-state index in [0.717, 1.165) is 5.56 Å². The number of para-hydroxylation sites is 1. The lowest BCUT2D eigenvalue weighted by Crippen LogP contribution is -2.20. The molecule has 5 heteroatoms. The summed E-state index contributed by atoms with van der Waals surface area (Å²) in [5.41, 5.74) is 1.49. The third-order valence-electron chi connectivity index (χ3n) is 2.74. The van der Waals surface area contributed by atoms with Gasteiger partial charge in [-0.1, -0.05) is 41.4 Å². The fourth-order valence-electron chi connectivity index (χ4n) is 1.63. The number of carbonyl (C=O) groups excluding carboxylic acids is 1. The molecule has 0 heterocycles. The molecule has 3 nitrogen and oxygen atoms in total. The molecule has 1 N–H and O–H groups in total. The van der Waals surface area contributed by atoms with Gasteiger partial charge in [0.15, 0.2) is 6.61 Å². The quantitative estimate of drug-likeness (QED) is 0.913. The molecule has 0 aromatic heterocycles. The average Bonchev–Trinajstić information content (AvgIpc) is 2.43. The number of rotatable bonds is 4. The number of carbonyl (C=O) groups is 1. The van der Waals surface area contributed by atoms with Crippen molar-refractivity contribution in [3.63, 3.8) is 0 Å². The van der Waals surface area contributed by atoms with Crippen LogP contribution in [0.5, 0.6) is 5.75 Å². The van der Waals surface area contributed by atoms with Gasteiger partial charge in [0, 0.05) is 10.7 Å². The summed E-state index contributed by atoms with van der Waals surface area (Å²) in [6, 6.07) is 12.3. The molecule has 0 radical (unpaired) electrons. The number of anilines is 1. The molecule has 0 saturated heterocycles. The summed E-state index contributed by atoms with van der Waals surface area (Å²) in [5.74, 6) is 0.211. The van der Waals surface area contributed by atoms with Gasteiger partial charge in [0.2, 0.25) is 0 Å². The third kappa shape index (κ3) is 3.65. The smallest absolute Gasteiger partial charge is 0.262 e. The molecule has 20 heavy (non-hydrogen) atoms. The first kappa shape index (κ1) is 14.7. The molecule has 0 saturated carbocycles. The minimum absolute atomic E-state index is 0.115. The Kier molecular flexibility index (Phi) is 4.88. The molecular formula is C15H13Cl2NO2. The van der Waals surface area contributed by atoms with Gasteiger partial charge < -0.3 is 10.1 Å². The van der Waals surface area contributed by atoms with Crippen molar-refractivity contribution in [1.82, 2.24) is 0 Å². The zero-order valence-electron chi connectivity index (χ0n) is 10.8. The van der Waals surface area contributed by atoms with E-state index >= 15 is 0 Å². The predicted molar refractivity (Wildman–Crippen MR) is 81.8 cm³/mol. The van der Waals surface area contributed by atoms with E-state index in [-0.39, 0.29) is 12.5 Å². The number of ether oxygens (including phenoxy) is 1. The summed E-state index contributed by atoms with van der Waals surface area (Å²) in [7, 11) is 0. The van der Waals surface area contributed by atoms with Gasteiger partial charge >= 0.3 is 0 Å². The highest BCUT2D eigenvalue weighted by Gasteiger charge is 2.08. The average molecular weight is 310 g/mol. The van der Waals surface area contributed by atoms with Crippen molar-refractivity contribution in [3.05, 3.63) is 58.1 Å². The maximum absolute atomic E-state index is 11.8. The standard InChI is InChI=1S/C15H13Cl2NO2/c1-10-11(16)6-4-7-13(10)18-15(19)9-20-14-8-3-2-5-12(14)17/h2-8H,9H2,1H3,(H,18,19). The van der Waals surface area contributed by atoms with E-state index in [2.05, 4.69) is 5.32 Å². The zero-order chi connectivity index (χ0) is 14.5. The van der Waals surface area contributed by atoms with Crippen molar-refractivity contribution in [1.29, 1.82) is 0 Å². The summed E-state index contributed by atoms with van der Waals surface area (Å²) in [4.78, 5) is 11.8. The van der Waals surface area contributed by atoms with Crippen LogP contribution in [-0.4, -0.2) is 12.5 Å². The molecule has 0 atom stereocenters. The van der Waals surface area contributed by atoms with Crippen LogP contribution in [0.3, 0.4) is 0 Å². The summed E-state index contributed by atoms with van der Waals surface area (Å²) in [5, 5.41) is 3.83. The maximum atomic E-state index is 11.8. The lowest BCUT2D eigenvalue weighted by atomic mass is 10.2. The number of amides is 1. The Morgan fingerprint density at radius 1 is 1.10 bits per heavy atom. The second-order valence-corrected chi connectivity index (χ2v) is 4.99. The highest BCUT2D eigenvalue weighted by Crippen LogP contribution is 2.24. The van der Waals surface area contributed by atoms with Gasteiger partial charge in [0.25, 0.3) is 5.91 Å². The summed E-state index contributed by atoms with van der Waals surface area (Å²) >= 11 is 11.9. The Bertz CT molecular complexity index is 629. The number of benzene rings is 2. The molecule has 1 amide bonds. The van der Waals surface area contributed by atoms with Crippen LogP contribution in [-0.2, 0) is 4.79 Å². The lowest BCUT2D eigenvalue weighted by Gasteiger charge is -2.11. The molecule has 2 aromatic carbocycles. The van der Waals surface area contributed by atoms with Crippen LogP contribution in [0, 0.1) is 6.92 Å². The van der Waals surface area contributed by atoms with Crippen LogP contribution < -0.4 is 10.1 Å². The highest BCUT2D eigenvalue weighted by atomic mass is 35.5. The monoisotopic (exact) mass is 309 g/mol. The van der Waals surface area contributed by atoms with E-state index < -0.39 is 0 Å². The van der Waals surface area contributed by atoms with Crippen LogP contribution in [0.4, 0.5) is 5.69 Å². The van der Waals surface area contributed by atoms with Gasteiger partial charge in [0.05, 0.1) is 5.02 Å². The summed E-state index contributed by atoms with van der Waals surface area (Å²) in [6.45, 7) is 1.72. The normalized spacial score (nSPS) is 10.2. The molecule has 0 spiro atoms. The number of hydrogen-bond acceptors (Lipinski definition) is 2. The second-order valence-electron chi connectivity index (χ2n) is 4.18. The number of hydrogen-bond donors (Lipinski definition) is 1. The van der Waals surface area contributed by atoms with Gasteiger partial charge in [0.1, 0.15) is 5.75 Å². The van der Waals surface area contributed by atoms with Crippen molar-refractivity contribution < 1.29 is 9.53 Å². The first-order valence-electron chi connectivity index (χ1n) is 6.00. The lowest BCUT2D eigenvalue weighted by molar-refractivity contribution is -0.118. The predicted octanol–water partition coefficient (Wildman–Crippen LogP) is 4.32. The minimum Gasteiger partial charge on any atom is -0.482 e. The summed E-state index contributed by atoms with van der Waals surface area (Å²) in [6.07, 6.45) is 0. The van der Waals surface area contributed by atoms with Crippen molar-refractivity contribution >= 4 is 34.8 Å². The maximum Gasteiger partial charge on any atom is 0.262 e. The molecule has 0 unspecified atom stereocenters. The van der Waals surface area contributed by atoms with Crippen LogP contribution >= 0.6 is 23.2 Å². The second kappa shape index (κ2) is 6.64. The van der Waals surface area contributed by atoms with E-state index in [4.69, 9.17) is 27.9 Å². The van der Waals surface area contributed by atoms with E-state index in [1.165, 1.54) is 0 Å². The molecular weight excluding hydrogens is 297 g/mol. The Morgan fingerprint density at radius 3 is 2.55 bits per heavy atom. The van der Waals surface area contributed by atoms with Gasteiger partial charge in [-0.15, -0.1) is 0 Å². The molecule has 0 aliphatic rings. The minimum atomic E-state index is -0.268. The SMILES string of the molecule is Cc1c(Cl)cccc1NC(=O)COc1ccccc1Cl. The van der Waals surface area contributed by atoms with Crippen molar-refractivity contribution in [3.8, 4) is 5.75 Å². The van der Waals surface area contributed by atoms with Crippen LogP contribution in [0.25, 0.3) is 0 Å². The highest BCUT2D eigenvalue weighted by molar-refractivity contribution is 6.32. The van der Waals surface area contributed by atoms with Crippen molar-refractivity contribution in [2.75, 3.05) is 11.9 Å². The van der Waals surface area contributed by atoms with Crippen LogP contribution in [0.15, 0.2) is 42.5 Å². The molecule has 2 aromatic rings. The van der Waals surface area contributed by atoms with Gasteiger partial charge in [-0.05, 0) is 36.8 Å². The Morgan fingerprint density at radius 2 is 1.80 bits per heavy atom. The van der Waals surface area contributed by atoms with Crippen LogP contribution in [0.1, 0.15) is 5.56 Å². The van der Waals surface area contributed by atoms with Crippen molar-refractivity contribution in [2.24, 2.45) is 0 Å². The van der Waals surface area contributed by atoms with Crippen molar-refractivity contribution in [2.45, 2.75) is 6.92 Å². The topological polar surface area (TPSA) is 38.3 Å². The molecule has 0 fully saturated rings. The van der Waals surface area contributed by atoms with E-state index in [9.17, 15) is 4.79 Å². The van der Waals surface area contributed by atoms with E-state index in [1.54, 1.807) is 42.5 Å². The molecule has 0 bridgehead atoms. The van der Waals surface area contributed by atoms with E-state index in [0.29, 0.717) is 21.5 Å². The Labute approximate surface area is 127 Å². The molecule has 0 aliphatic carbocycles. The zero-order valence-corrected chi connectivity index (χ0v) is 12.3. The van der Waals surface area contributed by atoms with Gasteiger partial charge in [-0.25, -0.2) is 0 Å². The molecule has 0 aliphatic heterocycles. The van der Waals surface area contributed by atoms with Gasteiger partial charge in [-0.3, -0.25) is 4.79 Å². The van der Waals surface area contributed by atoms with Crippen LogP contribution in [0.2, 0.25) is 10.0 Å². The first-order valence-corrected chi connectivity index (χ1v) is 6.76. The van der Waals surface area contributed by atoms with E-state index in [1.807, 2.05) is 6.92 Å². The third-order valence-corrected chi connectivity index (χ3v) is 3.46. The fourth-order valence-corrected chi connectivity index (χ4v) is 2.00. The first-order chi connectivity index (χ1) is 9.58. The summed E-state index contributed by atoms with van der Waals surface area (Å²) < 4.78 is 5.36. The largest absolute Gasteiger partial charge is 0.482 e. The molecule has 104 valence electrons. The Balaban J connectivity index is 1.96. The molecule has 2 rings (SSSR count).